The summed E-state index contributed by atoms with van der Waals surface area (Å²) in [6.07, 6.45) is 0. The van der Waals surface area contributed by atoms with E-state index in [2.05, 4.69) is 4.72 Å². The fourth-order valence-corrected chi connectivity index (χ4v) is 3.00. The zero-order valence-corrected chi connectivity index (χ0v) is 13.1. The minimum atomic E-state index is -3.94. The largest absolute Gasteiger partial charge is 0.381 e. The fraction of sp³-hybridized carbons (Fsp3) is 0.400. The molecular weight excluding hydrogens is 328 g/mol. The van der Waals surface area contributed by atoms with Gasteiger partial charge in [0.1, 0.15) is 0 Å². The van der Waals surface area contributed by atoms with Gasteiger partial charge in [0.25, 0.3) is 0 Å². The van der Waals surface area contributed by atoms with E-state index in [1.807, 2.05) is 0 Å². The minimum Gasteiger partial charge on any atom is -0.381 e. The second kappa shape index (κ2) is 6.72. The van der Waals surface area contributed by atoms with Crippen LogP contribution in [-0.2, 0) is 24.8 Å². The molecule has 0 bridgehead atoms. The van der Waals surface area contributed by atoms with Gasteiger partial charge in [-0.15, -0.1) is 0 Å². The summed E-state index contributed by atoms with van der Waals surface area (Å²) < 4.78 is 53.1. The number of nitrogens with one attached hydrogen (secondary N) is 1. The molecule has 0 aliphatic rings. The minimum absolute atomic E-state index is 0.0261. The molecule has 0 fully saturated rings. The number of ether oxygens (including phenoxy) is 1. The SMILES string of the molecule is CCOCCS(=O)(=O)Nc1cc(S(N)(=O)=O)ccc1Cl. The van der Waals surface area contributed by atoms with Crippen LogP contribution in [0.4, 0.5) is 5.69 Å². The van der Waals surface area contributed by atoms with E-state index in [9.17, 15) is 16.8 Å². The van der Waals surface area contributed by atoms with Gasteiger partial charge in [0.15, 0.2) is 0 Å². The van der Waals surface area contributed by atoms with Gasteiger partial charge in [-0.05, 0) is 25.1 Å². The van der Waals surface area contributed by atoms with Crippen molar-refractivity contribution in [2.24, 2.45) is 5.14 Å². The summed E-state index contributed by atoms with van der Waals surface area (Å²) >= 11 is 5.82. The van der Waals surface area contributed by atoms with Crippen molar-refractivity contribution >= 4 is 37.3 Å². The first-order valence-electron chi connectivity index (χ1n) is 5.56. The quantitative estimate of drug-likeness (QED) is 0.710. The molecule has 3 N–H and O–H groups in total. The first-order valence-corrected chi connectivity index (χ1v) is 9.14. The number of hydrogen-bond donors (Lipinski definition) is 2. The lowest BCUT2D eigenvalue weighted by Gasteiger charge is -2.10. The molecule has 0 aliphatic heterocycles. The average molecular weight is 343 g/mol. The Bertz CT molecular complexity index is 673. The summed E-state index contributed by atoms with van der Waals surface area (Å²) in [4.78, 5) is -0.232. The van der Waals surface area contributed by atoms with Crippen molar-refractivity contribution in [2.75, 3.05) is 23.7 Å². The third-order valence-electron chi connectivity index (χ3n) is 2.23. The Kier molecular flexibility index (Phi) is 5.78. The van der Waals surface area contributed by atoms with Crippen molar-refractivity contribution in [1.29, 1.82) is 0 Å². The molecule has 0 atom stereocenters. The molecule has 0 spiro atoms. The third-order valence-corrected chi connectivity index (χ3v) is 4.71. The smallest absolute Gasteiger partial charge is 0.238 e. The Morgan fingerprint density at radius 3 is 2.50 bits per heavy atom. The van der Waals surface area contributed by atoms with Gasteiger partial charge in [-0.25, -0.2) is 22.0 Å². The number of nitrogens with two attached hydrogens (primary N) is 1. The van der Waals surface area contributed by atoms with Gasteiger partial charge in [0, 0.05) is 6.61 Å². The van der Waals surface area contributed by atoms with E-state index in [1.165, 1.54) is 12.1 Å². The van der Waals surface area contributed by atoms with Gasteiger partial charge in [-0.1, -0.05) is 11.6 Å². The molecule has 0 saturated heterocycles. The first-order chi connectivity index (χ1) is 9.15. The molecule has 1 rings (SSSR count). The Morgan fingerprint density at radius 1 is 1.30 bits per heavy atom. The van der Waals surface area contributed by atoms with Crippen molar-refractivity contribution in [1.82, 2.24) is 0 Å². The number of sulfonamides is 2. The molecule has 0 amide bonds. The molecule has 20 heavy (non-hydrogen) atoms. The van der Waals surface area contributed by atoms with E-state index in [-0.39, 0.29) is 28.0 Å². The lowest BCUT2D eigenvalue weighted by molar-refractivity contribution is 0.163. The van der Waals surface area contributed by atoms with Gasteiger partial charge >= 0.3 is 0 Å². The van der Waals surface area contributed by atoms with Crippen LogP contribution in [0.1, 0.15) is 6.92 Å². The lowest BCUT2D eigenvalue weighted by Crippen LogP contribution is -2.21. The topological polar surface area (TPSA) is 116 Å². The van der Waals surface area contributed by atoms with Crippen LogP contribution in [-0.4, -0.2) is 35.8 Å². The standard InChI is InChI=1S/C10H15ClN2O5S2/c1-2-18-5-6-19(14,15)13-10-7-8(20(12,16)17)3-4-9(10)11/h3-4,7,13H,2,5-6H2,1H3,(H2,12,16,17). The monoisotopic (exact) mass is 342 g/mol. The highest BCUT2D eigenvalue weighted by Crippen LogP contribution is 2.25. The Balaban J connectivity index is 2.97. The number of halogens is 1. The first kappa shape index (κ1) is 17.2. The zero-order chi connectivity index (χ0) is 15.4. The van der Waals surface area contributed by atoms with Crippen LogP contribution in [0.2, 0.25) is 5.02 Å². The predicted molar refractivity (Wildman–Crippen MR) is 76.7 cm³/mol. The summed E-state index contributed by atoms with van der Waals surface area (Å²) in [6, 6.07) is 3.51. The maximum Gasteiger partial charge on any atom is 0.238 e. The molecule has 0 saturated carbocycles. The summed E-state index contributed by atoms with van der Waals surface area (Å²) in [6.45, 7) is 2.17. The maximum atomic E-state index is 11.8. The van der Waals surface area contributed by atoms with Gasteiger partial charge in [-0.3, -0.25) is 4.72 Å². The van der Waals surface area contributed by atoms with Crippen LogP contribution in [0.5, 0.6) is 0 Å². The van der Waals surface area contributed by atoms with Crippen LogP contribution >= 0.6 is 11.6 Å². The molecule has 114 valence electrons. The average Bonchev–Trinajstić information content (AvgIpc) is 2.30. The molecule has 0 heterocycles. The number of hydrogen-bond acceptors (Lipinski definition) is 5. The van der Waals surface area contributed by atoms with Crippen LogP contribution < -0.4 is 9.86 Å². The number of primary sulfonamides is 1. The van der Waals surface area contributed by atoms with Crippen LogP contribution in [0.15, 0.2) is 23.1 Å². The van der Waals surface area contributed by atoms with E-state index in [1.54, 1.807) is 6.92 Å². The van der Waals surface area contributed by atoms with Crippen molar-refractivity contribution in [3.63, 3.8) is 0 Å². The zero-order valence-electron chi connectivity index (χ0n) is 10.7. The van der Waals surface area contributed by atoms with Crippen molar-refractivity contribution < 1.29 is 21.6 Å². The summed E-state index contributed by atoms with van der Waals surface area (Å²) in [5.74, 6) is -0.267. The van der Waals surface area contributed by atoms with E-state index in [4.69, 9.17) is 21.5 Å². The molecule has 0 radical (unpaired) electrons. The van der Waals surface area contributed by atoms with Crippen molar-refractivity contribution in [2.45, 2.75) is 11.8 Å². The highest BCUT2D eigenvalue weighted by Gasteiger charge is 2.15. The van der Waals surface area contributed by atoms with E-state index < -0.39 is 20.0 Å². The molecule has 7 nitrogen and oxygen atoms in total. The molecule has 1 aromatic rings. The van der Waals surface area contributed by atoms with Crippen molar-refractivity contribution in [3.05, 3.63) is 23.2 Å². The molecular formula is C10H15ClN2O5S2. The van der Waals surface area contributed by atoms with E-state index in [0.29, 0.717) is 6.61 Å². The normalized spacial score (nSPS) is 12.3. The van der Waals surface area contributed by atoms with E-state index in [0.717, 1.165) is 6.07 Å². The fourth-order valence-electron chi connectivity index (χ4n) is 1.29. The lowest BCUT2D eigenvalue weighted by atomic mass is 10.3. The molecule has 10 heteroatoms. The van der Waals surface area contributed by atoms with E-state index >= 15 is 0 Å². The highest BCUT2D eigenvalue weighted by atomic mass is 35.5. The summed E-state index contributed by atoms with van der Waals surface area (Å²) in [5, 5.41) is 5.04. The van der Waals surface area contributed by atoms with Gasteiger partial charge in [-0.2, -0.15) is 0 Å². The Morgan fingerprint density at radius 2 is 1.95 bits per heavy atom. The molecule has 0 aliphatic carbocycles. The number of rotatable bonds is 7. The van der Waals surface area contributed by atoms with Gasteiger partial charge in [0.2, 0.25) is 20.0 Å². The van der Waals surface area contributed by atoms with Gasteiger partial charge in [0.05, 0.1) is 28.0 Å². The Hall–Kier alpha value is -0.870. The maximum absolute atomic E-state index is 11.8. The van der Waals surface area contributed by atoms with Gasteiger partial charge < -0.3 is 4.74 Å². The van der Waals surface area contributed by atoms with Crippen LogP contribution in [0.25, 0.3) is 0 Å². The predicted octanol–water partition coefficient (Wildman–Crippen LogP) is 0.766. The van der Waals surface area contributed by atoms with Crippen LogP contribution in [0.3, 0.4) is 0 Å². The number of anilines is 1. The molecule has 0 unspecified atom stereocenters. The Labute approximate surface area is 123 Å². The summed E-state index contributed by atoms with van der Waals surface area (Å²) in [5.41, 5.74) is -0.0466. The second-order valence-corrected chi connectivity index (χ2v) is 7.62. The summed E-state index contributed by atoms with van der Waals surface area (Å²) in [7, 11) is -7.62. The number of benzene rings is 1. The molecule has 0 aromatic heterocycles. The van der Waals surface area contributed by atoms with Crippen molar-refractivity contribution in [3.8, 4) is 0 Å². The highest BCUT2D eigenvalue weighted by molar-refractivity contribution is 7.92. The third kappa shape index (κ3) is 5.25. The van der Waals surface area contributed by atoms with Crippen LogP contribution in [0, 0.1) is 0 Å². The second-order valence-electron chi connectivity index (χ2n) is 3.80. The molecule has 1 aromatic carbocycles.